The molecule has 122 valence electrons. The molecule has 0 N–H and O–H groups in total. The van der Waals surface area contributed by atoms with Crippen molar-refractivity contribution in [3.05, 3.63) is 63.6 Å². The Balaban J connectivity index is 2.64. The molecule has 0 fully saturated rings. The summed E-state index contributed by atoms with van der Waals surface area (Å²) in [5.41, 5.74) is -1.01. The van der Waals surface area contributed by atoms with Gasteiger partial charge in [0.05, 0.1) is 17.7 Å². The maximum atomic E-state index is 12.8. The Morgan fingerprint density at radius 3 is 2.52 bits per heavy atom. The van der Waals surface area contributed by atoms with Crippen LogP contribution in [0.15, 0.2) is 41.5 Å². The van der Waals surface area contributed by atoms with Crippen molar-refractivity contribution in [3.63, 3.8) is 0 Å². The van der Waals surface area contributed by atoms with Crippen LogP contribution in [0.2, 0.25) is 0 Å². The SMILES string of the molecule is COCc1cn(-c2cccc(C(F)(F)F)c2)cc(C(C)=O)c1=O. The zero-order valence-corrected chi connectivity index (χ0v) is 12.5. The monoisotopic (exact) mass is 325 g/mol. The van der Waals surface area contributed by atoms with Crippen LogP contribution < -0.4 is 5.43 Å². The van der Waals surface area contributed by atoms with E-state index in [0.717, 1.165) is 12.1 Å². The molecule has 0 saturated carbocycles. The number of alkyl halides is 3. The molecule has 2 aromatic rings. The van der Waals surface area contributed by atoms with E-state index < -0.39 is 23.0 Å². The predicted octanol–water partition coefficient (Wildman–Crippen LogP) is 3.21. The lowest BCUT2D eigenvalue weighted by Gasteiger charge is -2.13. The first-order valence-corrected chi connectivity index (χ1v) is 6.66. The van der Waals surface area contributed by atoms with E-state index in [0.29, 0.717) is 0 Å². The normalized spacial score (nSPS) is 11.5. The number of rotatable bonds is 4. The topological polar surface area (TPSA) is 48.3 Å². The average molecular weight is 325 g/mol. The van der Waals surface area contributed by atoms with Crippen molar-refractivity contribution in [2.24, 2.45) is 0 Å². The summed E-state index contributed by atoms with van der Waals surface area (Å²) >= 11 is 0. The average Bonchev–Trinajstić information content (AvgIpc) is 2.48. The van der Waals surface area contributed by atoms with Crippen molar-refractivity contribution in [1.82, 2.24) is 4.57 Å². The number of benzene rings is 1. The van der Waals surface area contributed by atoms with Crippen molar-refractivity contribution in [2.45, 2.75) is 19.7 Å². The number of hydrogen-bond donors (Lipinski definition) is 0. The van der Waals surface area contributed by atoms with Crippen molar-refractivity contribution in [1.29, 1.82) is 0 Å². The number of carbonyl (C=O) groups excluding carboxylic acids is 1. The van der Waals surface area contributed by atoms with Gasteiger partial charge in [0.1, 0.15) is 0 Å². The summed E-state index contributed by atoms with van der Waals surface area (Å²) in [6.45, 7) is 1.18. The quantitative estimate of drug-likeness (QED) is 0.811. The van der Waals surface area contributed by atoms with Crippen LogP contribution in [0, 0.1) is 0 Å². The van der Waals surface area contributed by atoms with Crippen molar-refractivity contribution in [3.8, 4) is 5.69 Å². The highest BCUT2D eigenvalue weighted by Gasteiger charge is 2.30. The maximum absolute atomic E-state index is 12.8. The van der Waals surface area contributed by atoms with Crippen LogP contribution in [-0.2, 0) is 17.5 Å². The minimum absolute atomic E-state index is 0.0427. The molecule has 23 heavy (non-hydrogen) atoms. The number of aromatic nitrogens is 1. The third-order valence-corrected chi connectivity index (χ3v) is 3.25. The third kappa shape index (κ3) is 3.68. The fourth-order valence-electron chi connectivity index (χ4n) is 2.14. The highest BCUT2D eigenvalue weighted by Crippen LogP contribution is 2.30. The number of Topliss-reactive ketones (excluding diaryl/α,β-unsaturated/α-hetero) is 1. The number of nitrogens with zero attached hydrogens (tertiary/aromatic N) is 1. The van der Waals surface area contributed by atoms with Crippen molar-refractivity contribution < 1.29 is 22.7 Å². The van der Waals surface area contributed by atoms with Crippen molar-refractivity contribution >= 4 is 5.78 Å². The molecular weight excluding hydrogens is 311 g/mol. The Kier molecular flexibility index (Phi) is 4.70. The fourth-order valence-corrected chi connectivity index (χ4v) is 2.14. The van der Waals surface area contributed by atoms with Gasteiger partial charge in [0.25, 0.3) is 0 Å². The van der Waals surface area contributed by atoms with Gasteiger partial charge in [0, 0.05) is 30.8 Å². The molecule has 0 aliphatic carbocycles. The summed E-state index contributed by atoms with van der Waals surface area (Å²) < 4.78 is 44.7. The number of carbonyl (C=O) groups is 1. The molecule has 0 aliphatic rings. The number of methoxy groups -OCH3 is 1. The van der Waals surface area contributed by atoms with Gasteiger partial charge in [-0.1, -0.05) is 6.07 Å². The fraction of sp³-hybridized carbons (Fsp3) is 0.250. The third-order valence-electron chi connectivity index (χ3n) is 3.25. The molecule has 2 rings (SSSR count). The van der Waals surface area contributed by atoms with Gasteiger partial charge in [0.15, 0.2) is 11.2 Å². The second kappa shape index (κ2) is 6.37. The van der Waals surface area contributed by atoms with Crippen LogP contribution in [0.25, 0.3) is 5.69 Å². The van der Waals surface area contributed by atoms with Gasteiger partial charge >= 0.3 is 6.18 Å². The van der Waals surface area contributed by atoms with Gasteiger partial charge in [-0.25, -0.2) is 0 Å². The largest absolute Gasteiger partial charge is 0.416 e. The first-order chi connectivity index (χ1) is 10.7. The summed E-state index contributed by atoms with van der Waals surface area (Å²) in [7, 11) is 1.38. The summed E-state index contributed by atoms with van der Waals surface area (Å²) in [6.07, 6.45) is -1.87. The number of halogens is 3. The molecule has 1 aromatic heterocycles. The van der Waals surface area contributed by atoms with Crippen molar-refractivity contribution in [2.75, 3.05) is 7.11 Å². The number of hydrogen-bond acceptors (Lipinski definition) is 3. The lowest BCUT2D eigenvalue weighted by Crippen LogP contribution is -2.21. The molecule has 0 bridgehead atoms. The summed E-state index contributed by atoms with van der Waals surface area (Å²) in [6, 6.07) is 4.62. The molecule has 0 radical (unpaired) electrons. The van der Waals surface area contributed by atoms with E-state index in [1.165, 1.54) is 43.1 Å². The molecule has 0 atom stereocenters. The summed E-state index contributed by atoms with van der Waals surface area (Å²) in [5.74, 6) is -0.464. The molecular formula is C16H14F3NO3. The van der Waals surface area contributed by atoms with Gasteiger partial charge in [-0.05, 0) is 25.1 Å². The van der Waals surface area contributed by atoms with Gasteiger partial charge in [0.2, 0.25) is 0 Å². The van der Waals surface area contributed by atoms with Crippen LogP contribution in [0.3, 0.4) is 0 Å². The van der Waals surface area contributed by atoms with Crippen LogP contribution in [-0.4, -0.2) is 17.5 Å². The Morgan fingerprint density at radius 1 is 1.26 bits per heavy atom. The standard InChI is InChI=1S/C16H14F3NO3/c1-10(21)14-8-20(7-11(9-23-2)15(14)22)13-5-3-4-12(6-13)16(17,18)19/h3-8H,9H2,1-2H3. The second-order valence-electron chi connectivity index (χ2n) is 4.97. The van der Waals surface area contributed by atoms with Crippen LogP contribution >= 0.6 is 0 Å². The number of ketones is 1. The summed E-state index contributed by atoms with van der Waals surface area (Å²) in [4.78, 5) is 23.7. The van der Waals surface area contributed by atoms with E-state index in [-0.39, 0.29) is 23.4 Å². The number of ether oxygens (including phenoxy) is 1. The lowest BCUT2D eigenvalue weighted by molar-refractivity contribution is -0.137. The van der Waals surface area contributed by atoms with Gasteiger partial charge < -0.3 is 9.30 Å². The van der Waals surface area contributed by atoms with Crippen LogP contribution in [0.5, 0.6) is 0 Å². The highest BCUT2D eigenvalue weighted by molar-refractivity contribution is 5.93. The van der Waals surface area contributed by atoms with Crippen LogP contribution in [0.4, 0.5) is 13.2 Å². The van der Waals surface area contributed by atoms with E-state index in [1.54, 1.807) is 0 Å². The second-order valence-corrected chi connectivity index (χ2v) is 4.97. The van der Waals surface area contributed by atoms with Gasteiger partial charge in [-0.3, -0.25) is 9.59 Å². The maximum Gasteiger partial charge on any atom is 0.416 e. The van der Waals surface area contributed by atoms with Gasteiger partial charge in [-0.15, -0.1) is 0 Å². The molecule has 1 heterocycles. The number of pyridine rings is 1. The molecule has 1 aromatic carbocycles. The van der Waals surface area contributed by atoms with Crippen LogP contribution in [0.1, 0.15) is 28.4 Å². The lowest BCUT2D eigenvalue weighted by atomic mass is 10.1. The molecule has 0 aliphatic heterocycles. The molecule has 0 amide bonds. The van der Waals surface area contributed by atoms with E-state index >= 15 is 0 Å². The highest BCUT2D eigenvalue weighted by atomic mass is 19.4. The molecule has 0 saturated heterocycles. The van der Waals surface area contributed by atoms with E-state index in [4.69, 9.17) is 4.74 Å². The minimum atomic E-state index is -4.48. The summed E-state index contributed by atoms with van der Waals surface area (Å²) in [5, 5.41) is 0. The zero-order valence-electron chi connectivity index (χ0n) is 12.5. The van der Waals surface area contributed by atoms with E-state index in [1.807, 2.05) is 0 Å². The molecule has 0 unspecified atom stereocenters. The predicted molar refractivity (Wildman–Crippen MR) is 77.8 cm³/mol. The molecule has 4 nitrogen and oxygen atoms in total. The molecule has 0 spiro atoms. The molecule has 7 heteroatoms. The first kappa shape index (κ1) is 17.0. The van der Waals surface area contributed by atoms with E-state index in [2.05, 4.69) is 0 Å². The Bertz CT molecular complexity index is 794. The Labute approximate surface area is 130 Å². The smallest absolute Gasteiger partial charge is 0.380 e. The minimum Gasteiger partial charge on any atom is -0.380 e. The first-order valence-electron chi connectivity index (χ1n) is 6.66. The van der Waals surface area contributed by atoms with Gasteiger partial charge in [-0.2, -0.15) is 13.2 Å². The Morgan fingerprint density at radius 2 is 1.96 bits per heavy atom. The zero-order chi connectivity index (χ0) is 17.2. The Hall–Kier alpha value is -2.41. The van der Waals surface area contributed by atoms with E-state index in [9.17, 15) is 22.8 Å².